The highest BCUT2D eigenvalue weighted by Crippen LogP contribution is 2.30. The quantitative estimate of drug-likeness (QED) is 0.762. The average Bonchev–Trinajstić information content (AvgIpc) is 2.27. The Balaban J connectivity index is 3.13. The smallest absolute Gasteiger partial charge is 0.133 e. The van der Waals surface area contributed by atoms with Gasteiger partial charge in [-0.05, 0) is 31.7 Å². The van der Waals surface area contributed by atoms with Gasteiger partial charge in [-0.15, -0.1) is 0 Å². The Morgan fingerprint density at radius 1 is 1.11 bits per heavy atom. The van der Waals surface area contributed by atoms with E-state index in [1.165, 1.54) is 5.56 Å². The van der Waals surface area contributed by atoms with E-state index in [1.54, 1.807) is 0 Å². The summed E-state index contributed by atoms with van der Waals surface area (Å²) >= 11 is 0. The molecule has 0 amide bonds. The van der Waals surface area contributed by atoms with Crippen LogP contribution in [0.3, 0.4) is 0 Å². The fraction of sp³-hybridized carbons (Fsp3) is 0.714. The number of nitrogens with two attached hydrogens (primary N) is 1. The van der Waals surface area contributed by atoms with Gasteiger partial charge in [-0.1, -0.05) is 27.7 Å². The third-order valence-electron chi connectivity index (χ3n) is 2.88. The van der Waals surface area contributed by atoms with Gasteiger partial charge < -0.3 is 11.1 Å². The lowest BCUT2D eigenvalue weighted by atomic mass is 9.95. The Morgan fingerprint density at radius 2 is 1.78 bits per heavy atom. The van der Waals surface area contributed by atoms with Crippen molar-refractivity contribution in [1.29, 1.82) is 0 Å². The van der Waals surface area contributed by atoms with Crippen LogP contribution in [0.4, 0.5) is 5.82 Å². The number of rotatable bonds is 6. The summed E-state index contributed by atoms with van der Waals surface area (Å²) in [5, 5.41) is 3.40. The number of aryl methyl sites for hydroxylation is 1. The lowest BCUT2D eigenvalue weighted by molar-refractivity contribution is 0.736. The first-order valence-corrected chi connectivity index (χ1v) is 6.79. The molecule has 0 unspecified atom stereocenters. The van der Waals surface area contributed by atoms with Crippen LogP contribution in [0.15, 0.2) is 0 Å². The van der Waals surface area contributed by atoms with Gasteiger partial charge in [-0.25, -0.2) is 9.97 Å². The second-order valence-corrected chi connectivity index (χ2v) is 5.30. The van der Waals surface area contributed by atoms with Crippen molar-refractivity contribution in [3.05, 3.63) is 17.1 Å². The van der Waals surface area contributed by atoms with Gasteiger partial charge in [0.1, 0.15) is 11.6 Å². The average molecular weight is 250 g/mol. The van der Waals surface area contributed by atoms with Gasteiger partial charge in [0.25, 0.3) is 0 Å². The van der Waals surface area contributed by atoms with Crippen LogP contribution in [0, 0.1) is 6.92 Å². The summed E-state index contributed by atoms with van der Waals surface area (Å²) in [6.45, 7) is 12.2. The van der Waals surface area contributed by atoms with E-state index in [4.69, 9.17) is 5.73 Å². The summed E-state index contributed by atoms with van der Waals surface area (Å²) in [7, 11) is 0. The molecule has 18 heavy (non-hydrogen) atoms. The van der Waals surface area contributed by atoms with Crippen LogP contribution in [0.1, 0.15) is 63.0 Å². The predicted molar refractivity (Wildman–Crippen MR) is 77.1 cm³/mol. The molecule has 0 bridgehead atoms. The molecule has 1 heterocycles. The molecule has 3 N–H and O–H groups in total. The van der Waals surface area contributed by atoms with Gasteiger partial charge in [-0.3, -0.25) is 0 Å². The van der Waals surface area contributed by atoms with Crippen LogP contribution in [0.25, 0.3) is 0 Å². The third kappa shape index (κ3) is 3.67. The lowest BCUT2D eigenvalue weighted by Gasteiger charge is -2.20. The zero-order valence-corrected chi connectivity index (χ0v) is 12.2. The van der Waals surface area contributed by atoms with Crippen molar-refractivity contribution >= 4 is 5.82 Å². The first-order valence-electron chi connectivity index (χ1n) is 6.79. The Hall–Kier alpha value is -1.16. The van der Waals surface area contributed by atoms with Gasteiger partial charge in [-0.2, -0.15) is 0 Å². The molecule has 0 aromatic carbocycles. The van der Waals surface area contributed by atoms with Gasteiger partial charge in [0.2, 0.25) is 0 Å². The van der Waals surface area contributed by atoms with Crippen LogP contribution < -0.4 is 11.1 Å². The Labute approximate surface area is 110 Å². The Kier molecular flexibility index (Phi) is 5.54. The summed E-state index contributed by atoms with van der Waals surface area (Å²) in [6.07, 6.45) is 0.956. The van der Waals surface area contributed by atoms with Crippen molar-refractivity contribution in [2.75, 3.05) is 18.4 Å². The molecule has 0 saturated carbocycles. The normalized spacial score (nSPS) is 11.3. The molecule has 4 nitrogen and oxygen atoms in total. The molecule has 1 rings (SSSR count). The largest absolute Gasteiger partial charge is 0.370 e. The van der Waals surface area contributed by atoms with E-state index in [0.29, 0.717) is 18.4 Å². The van der Waals surface area contributed by atoms with E-state index in [-0.39, 0.29) is 0 Å². The van der Waals surface area contributed by atoms with Gasteiger partial charge in [0.05, 0.1) is 5.69 Å². The maximum Gasteiger partial charge on any atom is 0.133 e. The topological polar surface area (TPSA) is 63.8 Å². The van der Waals surface area contributed by atoms with Crippen molar-refractivity contribution in [2.45, 2.75) is 52.9 Å². The summed E-state index contributed by atoms with van der Waals surface area (Å²) in [5.41, 5.74) is 7.93. The monoisotopic (exact) mass is 250 g/mol. The van der Waals surface area contributed by atoms with Gasteiger partial charge >= 0.3 is 0 Å². The minimum Gasteiger partial charge on any atom is -0.370 e. The predicted octanol–water partition coefficient (Wildman–Crippen LogP) is 2.79. The van der Waals surface area contributed by atoms with Gasteiger partial charge in [0.15, 0.2) is 0 Å². The number of hydrogen-bond acceptors (Lipinski definition) is 4. The SMILES string of the molecule is Cc1nc(NCCCN)c(C(C)C)c(C(C)C)n1. The second kappa shape index (κ2) is 6.69. The van der Waals surface area contributed by atoms with Crippen molar-refractivity contribution in [1.82, 2.24) is 9.97 Å². The van der Waals surface area contributed by atoms with Crippen LogP contribution in [-0.2, 0) is 0 Å². The Morgan fingerprint density at radius 3 is 2.28 bits per heavy atom. The van der Waals surface area contributed by atoms with E-state index in [2.05, 4.69) is 43.0 Å². The molecular formula is C14H26N4. The maximum atomic E-state index is 5.53. The minimum absolute atomic E-state index is 0.416. The molecule has 4 heteroatoms. The second-order valence-electron chi connectivity index (χ2n) is 5.30. The number of anilines is 1. The zero-order chi connectivity index (χ0) is 13.7. The number of hydrogen-bond donors (Lipinski definition) is 2. The van der Waals surface area contributed by atoms with Crippen molar-refractivity contribution in [2.24, 2.45) is 5.73 Å². The fourth-order valence-electron chi connectivity index (χ4n) is 2.06. The highest BCUT2D eigenvalue weighted by molar-refractivity contribution is 5.49. The maximum absolute atomic E-state index is 5.53. The first kappa shape index (κ1) is 14.9. The van der Waals surface area contributed by atoms with Crippen molar-refractivity contribution in [3.63, 3.8) is 0 Å². The van der Waals surface area contributed by atoms with Crippen LogP contribution in [-0.4, -0.2) is 23.1 Å². The van der Waals surface area contributed by atoms with E-state index < -0.39 is 0 Å². The number of nitrogens with one attached hydrogen (secondary N) is 1. The molecule has 1 aromatic heterocycles. The number of nitrogens with zero attached hydrogens (tertiary/aromatic N) is 2. The molecule has 0 aliphatic carbocycles. The molecule has 0 fully saturated rings. The van der Waals surface area contributed by atoms with Gasteiger partial charge in [0, 0.05) is 12.1 Å². The third-order valence-corrected chi connectivity index (χ3v) is 2.88. The van der Waals surface area contributed by atoms with Crippen LogP contribution >= 0.6 is 0 Å². The van der Waals surface area contributed by atoms with Crippen LogP contribution in [0.2, 0.25) is 0 Å². The zero-order valence-electron chi connectivity index (χ0n) is 12.2. The fourth-order valence-corrected chi connectivity index (χ4v) is 2.06. The first-order chi connectivity index (χ1) is 8.47. The van der Waals surface area contributed by atoms with Crippen LogP contribution in [0.5, 0.6) is 0 Å². The molecule has 0 radical (unpaired) electrons. The van der Waals surface area contributed by atoms with Crippen molar-refractivity contribution in [3.8, 4) is 0 Å². The van der Waals surface area contributed by atoms with E-state index in [9.17, 15) is 0 Å². The molecule has 0 spiro atoms. The molecule has 102 valence electrons. The molecule has 0 saturated heterocycles. The van der Waals surface area contributed by atoms with E-state index >= 15 is 0 Å². The molecule has 0 atom stereocenters. The standard InChI is InChI=1S/C14H26N4/c1-9(2)12-13(10(3)4)17-11(5)18-14(12)16-8-6-7-15/h9-10H,6-8,15H2,1-5H3,(H,16,17,18). The summed E-state index contributed by atoms with van der Waals surface area (Å²) < 4.78 is 0. The highest BCUT2D eigenvalue weighted by atomic mass is 15.0. The van der Waals surface area contributed by atoms with E-state index in [1.807, 2.05) is 6.92 Å². The summed E-state index contributed by atoms with van der Waals surface area (Å²) in [4.78, 5) is 9.15. The molecular weight excluding hydrogens is 224 g/mol. The molecule has 0 aliphatic rings. The van der Waals surface area contributed by atoms with E-state index in [0.717, 1.165) is 30.3 Å². The lowest BCUT2D eigenvalue weighted by Crippen LogP contribution is -2.15. The molecule has 0 aliphatic heterocycles. The summed E-state index contributed by atoms with van der Waals surface area (Å²) in [6, 6.07) is 0. The number of aromatic nitrogens is 2. The summed E-state index contributed by atoms with van der Waals surface area (Å²) in [5.74, 6) is 2.65. The Bertz CT molecular complexity index is 386. The molecule has 1 aromatic rings. The van der Waals surface area contributed by atoms with Crippen molar-refractivity contribution < 1.29 is 0 Å². The minimum atomic E-state index is 0.416. The highest BCUT2D eigenvalue weighted by Gasteiger charge is 2.18.